The van der Waals surface area contributed by atoms with Gasteiger partial charge in [-0.3, -0.25) is 0 Å². The van der Waals surface area contributed by atoms with Crippen LogP contribution in [0.4, 0.5) is 0 Å². The maximum atomic E-state index is 3.68. The molecule has 1 aliphatic carbocycles. The Morgan fingerprint density at radius 2 is 2.05 bits per heavy atom. The number of thiophene rings is 1. The van der Waals surface area contributed by atoms with E-state index in [-0.39, 0.29) is 0 Å². The molecule has 0 radical (unpaired) electrons. The minimum absolute atomic E-state index is 0.725. The first-order chi connectivity index (χ1) is 9.33. The van der Waals surface area contributed by atoms with Crippen molar-refractivity contribution >= 4 is 11.3 Å². The molecule has 1 nitrogen and oxygen atoms in total. The zero-order chi connectivity index (χ0) is 13.1. The Morgan fingerprint density at radius 3 is 2.79 bits per heavy atom. The molecule has 2 heteroatoms. The van der Waals surface area contributed by atoms with Gasteiger partial charge in [0.2, 0.25) is 0 Å². The minimum Gasteiger partial charge on any atom is -0.314 e. The van der Waals surface area contributed by atoms with E-state index >= 15 is 0 Å². The van der Waals surface area contributed by atoms with Gasteiger partial charge in [0.05, 0.1) is 0 Å². The second-order valence-corrected chi connectivity index (χ2v) is 6.34. The molecular weight excluding hydrogens is 250 g/mol. The van der Waals surface area contributed by atoms with Crippen LogP contribution in [0, 0.1) is 6.92 Å². The average molecular weight is 271 g/mol. The van der Waals surface area contributed by atoms with Crippen LogP contribution in [0.5, 0.6) is 0 Å². The van der Waals surface area contributed by atoms with Crippen LogP contribution in [0.3, 0.4) is 0 Å². The molecule has 0 atom stereocenters. The Kier molecular flexibility index (Phi) is 4.00. The summed E-state index contributed by atoms with van der Waals surface area (Å²) in [5, 5.41) is 8.09. The first kappa shape index (κ1) is 12.9. The Morgan fingerprint density at radius 1 is 1.21 bits per heavy atom. The summed E-state index contributed by atoms with van der Waals surface area (Å²) in [5.41, 5.74) is 4.47. The van der Waals surface area contributed by atoms with Crippen molar-refractivity contribution in [2.45, 2.75) is 38.1 Å². The molecular formula is C17H21NS. The summed E-state index contributed by atoms with van der Waals surface area (Å²) in [6.07, 6.45) is 3.76. The highest BCUT2D eigenvalue weighted by Gasteiger charge is 2.30. The molecule has 2 aromatic rings. The number of hydrogen-bond acceptors (Lipinski definition) is 2. The molecule has 1 N–H and O–H groups in total. The van der Waals surface area contributed by atoms with Gasteiger partial charge >= 0.3 is 0 Å². The van der Waals surface area contributed by atoms with Crippen LogP contribution in [-0.2, 0) is 6.42 Å². The van der Waals surface area contributed by atoms with Crippen molar-refractivity contribution in [1.82, 2.24) is 5.32 Å². The summed E-state index contributed by atoms with van der Waals surface area (Å²) in [7, 11) is 0. The van der Waals surface area contributed by atoms with Gasteiger partial charge in [0.15, 0.2) is 0 Å². The Bertz CT molecular complexity index is 512. The number of rotatable bonds is 5. The van der Waals surface area contributed by atoms with Crippen LogP contribution in [-0.4, -0.2) is 12.6 Å². The molecule has 1 saturated carbocycles. The highest BCUT2D eigenvalue weighted by molar-refractivity contribution is 7.07. The highest BCUT2D eigenvalue weighted by atomic mass is 32.1. The maximum Gasteiger partial charge on any atom is 0.00788 e. The molecule has 100 valence electrons. The summed E-state index contributed by atoms with van der Waals surface area (Å²) in [6, 6.07) is 11.8. The van der Waals surface area contributed by atoms with E-state index in [1.165, 1.54) is 24.0 Å². The normalized spacial score (nSPS) is 22.2. The lowest BCUT2D eigenvalue weighted by molar-refractivity contribution is 0.292. The monoisotopic (exact) mass is 271 g/mol. The van der Waals surface area contributed by atoms with Gasteiger partial charge in [0, 0.05) is 6.04 Å². The lowest BCUT2D eigenvalue weighted by Crippen LogP contribution is -2.41. The SMILES string of the molecule is Cc1ccccc1C1CC(NCCc2ccsc2)C1. The van der Waals surface area contributed by atoms with Crippen LogP contribution in [0.15, 0.2) is 41.1 Å². The summed E-state index contributed by atoms with van der Waals surface area (Å²) in [6.45, 7) is 3.34. The van der Waals surface area contributed by atoms with E-state index in [9.17, 15) is 0 Å². The van der Waals surface area contributed by atoms with E-state index in [4.69, 9.17) is 0 Å². The van der Waals surface area contributed by atoms with E-state index < -0.39 is 0 Å². The van der Waals surface area contributed by atoms with Crippen LogP contribution >= 0.6 is 11.3 Å². The Balaban J connectivity index is 1.42. The fourth-order valence-corrected chi connectivity index (χ4v) is 3.64. The molecule has 0 amide bonds. The van der Waals surface area contributed by atoms with Crippen molar-refractivity contribution in [2.75, 3.05) is 6.54 Å². The number of benzene rings is 1. The van der Waals surface area contributed by atoms with Gasteiger partial charge in [0.1, 0.15) is 0 Å². The zero-order valence-electron chi connectivity index (χ0n) is 11.4. The van der Waals surface area contributed by atoms with Gasteiger partial charge < -0.3 is 5.32 Å². The minimum atomic E-state index is 0.725. The average Bonchev–Trinajstić information content (AvgIpc) is 2.87. The van der Waals surface area contributed by atoms with Gasteiger partial charge in [-0.1, -0.05) is 24.3 Å². The van der Waals surface area contributed by atoms with Crippen LogP contribution < -0.4 is 5.32 Å². The standard InChI is InChI=1S/C17H21NS/c1-13-4-2-3-5-17(13)15-10-16(11-15)18-8-6-14-7-9-19-12-14/h2-5,7,9,12,15-16,18H,6,8,10-11H2,1H3. The predicted molar refractivity (Wildman–Crippen MR) is 83.0 cm³/mol. The van der Waals surface area contributed by atoms with Crippen molar-refractivity contribution < 1.29 is 0 Å². The maximum absolute atomic E-state index is 3.68. The largest absolute Gasteiger partial charge is 0.314 e. The van der Waals surface area contributed by atoms with Gasteiger partial charge in [-0.25, -0.2) is 0 Å². The van der Waals surface area contributed by atoms with Crippen LogP contribution in [0.2, 0.25) is 0 Å². The van der Waals surface area contributed by atoms with Gasteiger partial charge in [-0.15, -0.1) is 0 Å². The van der Waals surface area contributed by atoms with Crippen molar-refractivity contribution in [1.29, 1.82) is 0 Å². The Hall–Kier alpha value is -1.12. The molecule has 3 rings (SSSR count). The molecule has 0 saturated heterocycles. The van der Waals surface area contributed by atoms with Crippen molar-refractivity contribution in [2.24, 2.45) is 0 Å². The molecule has 1 aromatic heterocycles. The lowest BCUT2D eigenvalue weighted by Gasteiger charge is -2.37. The van der Waals surface area contributed by atoms with Crippen LogP contribution in [0.1, 0.15) is 35.4 Å². The third-order valence-corrected chi connectivity index (χ3v) is 4.93. The molecule has 0 spiro atoms. The quantitative estimate of drug-likeness (QED) is 0.862. The Labute approximate surface area is 119 Å². The fourth-order valence-electron chi connectivity index (χ4n) is 2.94. The molecule has 1 aliphatic rings. The second kappa shape index (κ2) is 5.89. The molecule has 1 heterocycles. The third kappa shape index (κ3) is 3.07. The summed E-state index contributed by atoms with van der Waals surface area (Å²) in [4.78, 5) is 0. The van der Waals surface area contributed by atoms with Crippen molar-refractivity contribution in [3.05, 3.63) is 57.8 Å². The fraction of sp³-hybridized carbons (Fsp3) is 0.412. The molecule has 1 fully saturated rings. The smallest absolute Gasteiger partial charge is 0.00788 e. The second-order valence-electron chi connectivity index (χ2n) is 5.56. The van der Waals surface area contributed by atoms with E-state index in [0.717, 1.165) is 24.9 Å². The summed E-state index contributed by atoms with van der Waals surface area (Å²) in [5.74, 6) is 0.778. The molecule has 0 aliphatic heterocycles. The topological polar surface area (TPSA) is 12.0 Å². The third-order valence-electron chi connectivity index (χ3n) is 4.19. The molecule has 0 unspecified atom stereocenters. The van der Waals surface area contributed by atoms with Gasteiger partial charge in [-0.2, -0.15) is 11.3 Å². The molecule has 0 bridgehead atoms. The van der Waals surface area contributed by atoms with Gasteiger partial charge in [0.25, 0.3) is 0 Å². The number of aryl methyl sites for hydroxylation is 1. The molecule has 19 heavy (non-hydrogen) atoms. The van der Waals surface area contributed by atoms with Crippen molar-refractivity contribution in [3.63, 3.8) is 0 Å². The van der Waals surface area contributed by atoms with E-state index in [0.29, 0.717) is 0 Å². The highest BCUT2D eigenvalue weighted by Crippen LogP contribution is 2.38. The number of hydrogen-bond donors (Lipinski definition) is 1. The number of nitrogens with one attached hydrogen (secondary N) is 1. The summed E-state index contributed by atoms with van der Waals surface area (Å²) < 4.78 is 0. The first-order valence-corrected chi connectivity index (χ1v) is 8.07. The first-order valence-electron chi connectivity index (χ1n) is 7.13. The predicted octanol–water partition coefficient (Wildman–Crippen LogP) is 4.13. The lowest BCUT2D eigenvalue weighted by atomic mass is 9.74. The summed E-state index contributed by atoms with van der Waals surface area (Å²) >= 11 is 1.79. The zero-order valence-corrected chi connectivity index (χ0v) is 12.2. The van der Waals surface area contributed by atoms with E-state index in [1.54, 1.807) is 16.9 Å². The van der Waals surface area contributed by atoms with Crippen LogP contribution in [0.25, 0.3) is 0 Å². The van der Waals surface area contributed by atoms with E-state index in [1.807, 2.05) is 0 Å². The van der Waals surface area contributed by atoms with E-state index in [2.05, 4.69) is 53.3 Å². The molecule has 1 aromatic carbocycles. The van der Waals surface area contributed by atoms with Crippen molar-refractivity contribution in [3.8, 4) is 0 Å². The van der Waals surface area contributed by atoms with Gasteiger partial charge in [-0.05, 0) is 72.2 Å².